The number of rotatable bonds is 7. The molecule has 1 aromatic heterocycles. The van der Waals surface area contributed by atoms with Crippen molar-refractivity contribution in [1.82, 2.24) is 20.2 Å². The van der Waals surface area contributed by atoms with Crippen molar-refractivity contribution in [3.8, 4) is 5.69 Å². The highest BCUT2D eigenvalue weighted by molar-refractivity contribution is 5.79. The molecule has 0 atom stereocenters. The summed E-state index contributed by atoms with van der Waals surface area (Å²) in [4.78, 5) is 8.10. The molecule has 0 saturated carbocycles. The van der Waals surface area contributed by atoms with E-state index in [9.17, 15) is 4.39 Å². The number of unbranched alkanes of at least 4 members (excludes halogenated alkanes) is 2. The number of aromatic nitrogens is 2. The summed E-state index contributed by atoms with van der Waals surface area (Å²) in [6.07, 6.45) is 8.44. The number of hydrogen-bond acceptors (Lipinski definition) is 2. The van der Waals surface area contributed by atoms with Crippen molar-refractivity contribution in [2.24, 2.45) is 4.99 Å². The Labute approximate surface area is 136 Å². The van der Waals surface area contributed by atoms with Crippen molar-refractivity contribution in [1.29, 1.82) is 0 Å². The van der Waals surface area contributed by atoms with E-state index < -0.39 is 0 Å². The van der Waals surface area contributed by atoms with Crippen molar-refractivity contribution in [2.45, 2.75) is 32.7 Å². The van der Waals surface area contributed by atoms with Crippen LogP contribution in [0.25, 0.3) is 5.69 Å². The van der Waals surface area contributed by atoms with Crippen LogP contribution in [0.4, 0.5) is 4.39 Å². The summed E-state index contributed by atoms with van der Waals surface area (Å²) >= 11 is 0. The lowest BCUT2D eigenvalue weighted by atomic mass is 10.2. The fourth-order valence-electron chi connectivity index (χ4n) is 2.26. The van der Waals surface area contributed by atoms with Crippen LogP contribution in [0.5, 0.6) is 0 Å². The highest BCUT2D eigenvalue weighted by Gasteiger charge is 2.06. The third-order valence-corrected chi connectivity index (χ3v) is 3.55. The molecule has 0 fully saturated rings. The van der Waals surface area contributed by atoms with Crippen LogP contribution < -0.4 is 10.6 Å². The topological polar surface area (TPSA) is 54.2 Å². The monoisotopic (exact) mass is 317 g/mol. The Morgan fingerprint density at radius 1 is 1.30 bits per heavy atom. The Bertz CT molecular complexity index is 622. The Kier molecular flexibility index (Phi) is 6.59. The molecule has 23 heavy (non-hydrogen) atoms. The molecule has 0 aliphatic carbocycles. The van der Waals surface area contributed by atoms with E-state index in [1.165, 1.54) is 18.9 Å². The van der Waals surface area contributed by atoms with E-state index in [0.29, 0.717) is 12.2 Å². The second-order valence-corrected chi connectivity index (χ2v) is 5.32. The molecule has 5 nitrogen and oxygen atoms in total. The predicted molar refractivity (Wildman–Crippen MR) is 91.2 cm³/mol. The van der Waals surface area contributed by atoms with Gasteiger partial charge in [-0.05, 0) is 24.1 Å². The van der Waals surface area contributed by atoms with E-state index in [2.05, 4.69) is 27.5 Å². The molecule has 1 heterocycles. The summed E-state index contributed by atoms with van der Waals surface area (Å²) < 4.78 is 15.8. The first-order valence-corrected chi connectivity index (χ1v) is 7.96. The van der Waals surface area contributed by atoms with Gasteiger partial charge in [0, 0.05) is 32.5 Å². The lowest BCUT2D eigenvalue weighted by Crippen LogP contribution is -2.37. The minimum Gasteiger partial charge on any atom is -0.356 e. The summed E-state index contributed by atoms with van der Waals surface area (Å²) in [6, 6.07) is 5.19. The predicted octanol–water partition coefficient (Wildman–Crippen LogP) is 2.87. The van der Waals surface area contributed by atoms with E-state index in [-0.39, 0.29) is 5.82 Å². The van der Waals surface area contributed by atoms with Crippen molar-refractivity contribution in [3.63, 3.8) is 0 Å². The largest absolute Gasteiger partial charge is 0.356 e. The van der Waals surface area contributed by atoms with Gasteiger partial charge in [-0.3, -0.25) is 4.99 Å². The number of guanidine groups is 1. The van der Waals surface area contributed by atoms with Crippen LogP contribution in [-0.4, -0.2) is 29.1 Å². The van der Waals surface area contributed by atoms with Gasteiger partial charge in [0.2, 0.25) is 0 Å². The molecule has 6 heteroatoms. The first-order valence-electron chi connectivity index (χ1n) is 7.96. The Hall–Kier alpha value is -2.37. The van der Waals surface area contributed by atoms with Crippen LogP contribution in [0.2, 0.25) is 0 Å². The highest BCUT2D eigenvalue weighted by atomic mass is 19.1. The van der Waals surface area contributed by atoms with Crippen molar-refractivity contribution in [3.05, 3.63) is 48.3 Å². The molecule has 0 aliphatic rings. The summed E-state index contributed by atoms with van der Waals surface area (Å²) in [5.41, 5.74) is 1.36. The van der Waals surface area contributed by atoms with Crippen LogP contribution >= 0.6 is 0 Å². The quantitative estimate of drug-likeness (QED) is 0.469. The fourth-order valence-corrected chi connectivity index (χ4v) is 2.26. The third-order valence-electron chi connectivity index (χ3n) is 3.55. The minimum atomic E-state index is -0.270. The lowest BCUT2D eigenvalue weighted by Gasteiger charge is -2.12. The summed E-state index contributed by atoms with van der Waals surface area (Å²) in [5.74, 6) is 0.466. The molecule has 1 aromatic carbocycles. The number of hydrogen-bond donors (Lipinski definition) is 2. The Balaban J connectivity index is 1.89. The van der Waals surface area contributed by atoms with Gasteiger partial charge in [0.1, 0.15) is 5.82 Å². The molecule has 2 rings (SSSR count). The van der Waals surface area contributed by atoms with Crippen LogP contribution in [0.15, 0.2) is 41.9 Å². The number of aliphatic imine (C=N–C) groups is 1. The van der Waals surface area contributed by atoms with E-state index in [1.54, 1.807) is 36.4 Å². The number of imidazole rings is 1. The molecule has 2 N–H and O–H groups in total. The average Bonchev–Trinajstić information content (AvgIpc) is 3.08. The van der Waals surface area contributed by atoms with E-state index in [1.807, 2.05) is 6.07 Å². The van der Waals surface area contributed by atoms with Gasteiger partial charge in [-0.15, -0.1) is 0 Å². The summed E-state index contributed by atoms with van der Waals surface area (Å²) in [7, 11) is 1.73. The second kappa shape index (κ2) is 8.92. The van der Waals surface area contributed by atoms with Gasteiger partial charge in [0.25, 0.3) is 0 Å². The lowest BCUT2D eigenvalue weighted by molar-refractivity contribution is 0.614. The van der Waals surface area contributed by atoms with Gasteiger partial charge in [-0.2, -0.15) is 0 Å². The molecule has 0 aliphatic heterocycles. The standard InChI is InChI=1S/C17H24FN5/c1-3-4-5-8-21-17(19-2)22-12-14-6-7-16(15(18)11-14)23-10-9-20-13-23/h6-7,9-11,13H,3-5,8,12H2,1-2H3,(H2,19,21,22). The molecule has 0 unspecified atom stereocenters. The van der Waals surface area contributed by atoms with Crippen LogP contribution in [-0.2, 0) is 6.54 Å². The van der Waals surface area contributed by atoms with Crippen molar-refractivity contribution >= 4 is 5.96 Å². The molecule has 0 spiro atoms. The van der Waals surface area contributed by atoms with Crippen molar-refractivity contribution < 1.29 is 4.39 Å². The van der Waals surface area contributed by atoms with E-state index in [4.69, 9.17) is 0 Å². The minimum absolute atomic E-state index is 0.270. The van der Waals surface area contributed by atoms with Gasteiger partial charge in [0.15, 0.2) is 5.96 Å². The Morgan fingerprint density at radius 2 is 2.17 bits per heavy atom. The molecule has 2 aromatic rings. The zero-order chi connectivity index (χ0) is 16.5. The zero-order valence-electron chi connectivity index (χ0n) is 13.7. The summed E-state index contributed by atoms with van der Waals surface area (Å²) in [6.45, 7) is 3.59. The number of nitrogens with one attached hydrogen (secondary N) is 2. The summed E-state index contributed by atoms with van der Waals surface area (Å²) in [5, 5.41) is 6.45. The molecular weight excluding hydrogens is 293 g/mol. The average molecular weight is 317 g/mol. The molecule has 0 saturated heterocycles. The van der Waals surface area contributed by atoms with Gasteiger partial charge in [-0.25, -0.2) is 9.37 Å². The molecule has 0 amide bonds. The van der Waals surface area contributed by atoms with Crippen LogP contribution in [0.3, 0.4) is 0 Å². The number of benzene rings is 1. The SMILES string of the molecule is CCCCCNC(=NC)NCc1ccc(-n2ccnc2)c(F)c1. The Morgan fingerprint density at radius 3 is 2.83 bits per heavy atom. The maximum Gasteiger partial charge on any atom is 0.191 e. The van der Waals surface area contributed by atoms with Gasteiger partial charge < -0.3 is 15.2 Å². The van der Waals surface area contributed by atoms with E-state index in [0.717, 1.165) is 24.5 Å². The van der Waals surface area contributed by atoms with Crippen molar-refractivity contribution in [2.75, 3.05) is 13.6 Å². The highest BCUT2D eigenvalue weighted by Crippen LogP contribution is 2.14. The van der Waals surface area contributed by atoms with E-state index >= 15 is 0 Å². The number of halogens is 1. The molecular formula is C17H24FN5. The first-order chi connectivity index (χ1) is 11.2. The molecule has 0 bridgehead atoms. The molecule has 124 valence electrons. The fraction of sp³-hybridized carbons (Fsp3) is 0.412. The zero-order valence-corrected chi connectivity index (χ0v) is 13.7. The smallest absolute Gasteiger partial charge is 0.191 e. The van der Waals surface area contributed by atoms with Crippen LogP contribution in [0.1, 0.15) is 31.7 Å². The van der Waals surface area contributed by atoms with Gasteiger partial charge in [-0.1, -0.05) is 25.8 Å². The second-order valence-electron chi connectivity index (χ2n) is 5.32. The third kappa shape index (κ3) is 5.09. The first kappa shape index (κ1) is 17.0. The van der Waals surface area contributed by atoms with Crippen LogP contribution in [0, 0.1) is 5.82 Å². The number of nitrogens with zero attached hydrogens (tertiary/aromatic N) is 3. The van der Waals surface area contributed by atoms with Gasteiger partial charge >= 0.3 is 0 Å². The maximum absolute atomic E-state index is 14.2. The maximum atomic E-state index is 14.2. The molecule has 0 radical (unpaired) electrons. The normalized spacial score (nSPS) is 11.5. The van der Waals surface area contributed by atoms with Gasteiger partial charge in [0.05, 0.1) is 12.0 Å².